The van der Waals surface area contributed by atoms with Gasteiger partial charge in [-0.3, -0.25) is 4.79 Å². The summed E-state index contributed by atoms with van der Waals surface area (Å²) in [5.74, 6) is -0.0772. The van der Waals surface area contributed by atoms with E-state index in [1.54, 1.807) is 4.90 Å². The molecule has 0 bridgehead atoms. The number of amides is 1. The average Bonchev–Trinajstić information content (AvgIpc) is 2.95. The molecule has 0 aromatic heterocycles. The van der Waals surface area contributed by atoms with Crippen molar-refractivity contribution >= 4 is 34.0 Å². The Hall–Kier alpha value is -2.40. The first kappa shape index (κ1) is 18.0. The minimum atomic E-state index is -0.784. The molecule has 0 aliphatic carbocycles. The minimum absolute atomic E-state index is 0.0772. The quantitative estimate of drug-likeness (QED) is 0.679. The Morgan fingerprint density at radius 1 is 1.07 bits per heavy atom. The summed E-state index contributed by atoms with van der Waals surface area (Å²) in [7, 11) is 0. The van der Waals surface area contributed by atoms with Crippen LogP contribution in [0.4, 0.5) is 5.69 Å². The van der Waals surface area contributed by atoms with Crippen molar-refractivity contribution in [1.82, 2.24) is 0 Å². The number of benzene rings is 3. The summed E-state index contributed by atoms with van der Waals surface area (Å²) in [6.45, 7) is 2.26. The molecule has 2 atom stereocenters. The highest BCUT2D eigenvalue weighted by Gasteiger charge is 2.30. The summed E-state index contributed by atoms with van der Waals surface area (Å²) in [5.41, 5.74) is 2.52. The van der Waals surface area contributed by atoms with Gasteiger partial charge in [-0.05, 0) is 42.1 Å². The molecule has 1 N–H and O–H groups in total. The van der Waals surface area contributed by atoms with E-state index >= 15 is 0 Å². The Morgan fingerprint density at radius 3 is 2.52 bits per heavy atom. The second-order valence-electron chi connectivity index (χ2n) is 6.78. The van der Waals surface area contributed by atoms with Gasteiger partial charge in [-0.15, -0.1) is 0 Å². The molecule has 3 aromatic rings. The first-order valence-corrected chi connectivity index (χ1v) is 9.31. The van der Waals surface area contributed by atoms with Gasteiger partial charge in [0.15, 0.2) is 0 Å². The molecule has 1 aliphatic rings. The predicted octanol–water partition coefficient (Wildman–Crippen LogP) is 4.59. The number of aliphatic hydroxyl groups is 1. The normalized spacial score (nSPS) is 15.4. The lowest BCUT2D eigenvalue weighted by molar-refractivity contribution is 0.000494. The van der Waals surface area contributed by atoms with Crippen molar-refractivity contribution in [3.63, 3.8) is 0 Å². The van der Waals surface area contributed by atoms with Gasteiger partial charge in [0, 0.05) is 16.0 Å². The summed E-state index contributed by atoms with van der Waals surface area (Å²) in [6, 6.07) is 19.0. The molecule has 138 valence electrons. The number of hydrogen-bond acceptors (Lipinski definition) is 3. The van der Waals surface area contributed by atoms with Crippen LogP contribution in [0.2, 0.25) is 5.02 Å². The fraction of sp³-hybridized carbons (Fsp3) is 0.227. The third-order valence-corrected chi connectivity index (χ3v) is 5.17. The van der Waals surface area contributed by atoms with E-state index in [4.69, 9.17) is 16.3 Å². The van der Waals surface area contributed by atoms with E-state index < -0.39 is 6.10 Å². The molecule has 5 heteroatoms. The second kappa shape index (κ2) is 7.31. The number of ether oxygens (including phenoxy) is 1. The van der Waals surface area contributed by atoms with Gasteiger partial charge in [-0.1, -0.05) is 48.0 Å². The van der Waals surface area contributed by atoms with E-state index in [1.807, 2.05) is 67.6 Å². The maximum Gasteiger partial charge on any atom is 0.259 e. The van der Waals surface area contributed by atoms with Crippen LogP contribution in [0.3, 0.4) is 0 Å². The van der Waals surface area contributed by atoms with Gasteiger partial charge in [-0.25, -0.2) is 0 Å². The number of carbonyl (C=O) groups excluding carboxylic acids is 1. The van der Waals surface area contributed by atoms with Gasteiger partial charge in [0.1, 0.15) is 0 Å². The number of aliphatic hydroxyl groups excluding tert-OH is 1. The SMILES string of the molecule is C[C@@H](OC[C@@H](O)CN1C(=O)c2cccc3cccc1c23)c1ccc(Cl)cc1. The lowest BCUT2D eigenvalue weighted by atomic mass is 10.1. The van der Waals surface area contributed by atoms with Crippen molar-refractivity contribution < 1.29 is 14.6 Å². The standard InChI is InChI=1S/C22H20ClNO3/c1-14(15-8-10-17(23)11-9-15)27-13-18(25)12-24-20-7-3-5-16-4-2-6-19(21(16)20)22(24)26/h2-11,14,18,25H,12-13H2,1H3/t14-,18+/m1/s1. The zero-order valence-corrected chi connectivity index (χ0v) is 15.7. The van der Waals surface area contributed by atoms with Crippen molar-refractivity contribution in [3.8, 4) is 0 Å². The van der Waals surface area contributed by atoms with E-state index in [1.165, 1.54) is 0 Å². The van der Waals surface area contributed by atoms with Crippen LogP contribution in [0.1, 0.15) is 28.9 Å². The van der Waals surface area contributed by atoms with E-state index in [0.717, 1.165) is 22.0 Å². The molecular formula is C22H20ClNO3. The molecule has 4 rings (SSSR count). The van der Waals surface area contributed by atoms with Gasteiger partial charge >= 0.3 is 0 Å². The molecule has 0 saturated heterocycles. The molecule has 1 aliphatic heterocycles. The summed E-state index contributed by atoms with van der Waals surface area (Å²) in [6.07, 6.45) is -0.958. The summed E-state index contributed by atoms with van der Waals surface area (Å²) in [4.78, 5) is 14.4. The van der Waals surface area contributed by atoms with Gasteiger partial charge in [0.05, 0.1) is 31.0 Å². The van der Waals surface area contributed by atoms with Crippen LogP contribution < -0.4 is 4.90 Å². The third kappa shape index (κ3) is 3.44. The zero-order valence-electron chi connectivity index (χ0n) is 14.9. The Kier molecular flexibility index (Phi) is 4.87. The van der Waals surface area contributed by atoms with E-state index in [9.17, 15) is 9.90 Å². The summed E-state index contributed by atoms with van der Waals surface area (Å²) >= 11 is 5.91. The fourth-order valence-corrected chi connectivity index (χ4v) is 3.64. The molecular weight excluding hydrogens is 362 g/mol. The topological polar surface area (TPSA) is 49.8 Å². The molecule has 0 radical (unpaired) electrons. The first-order valence-electron chi connectivity index (χ1n) is 8.93. The number of carbonyl (C=O) groups is 1. The predicted molar refractivity (Wildman–Crippen MR) is 107 cm³/mol. The summed E-state index contributed by atoms with van der Waals surface area (Å²) < 4.78 is 5.79. The fourth-order valence-electron chi connectivity index (χ4n) is 3.51. The average molecular weight is 382 g/mol. The summed E-state index contributed by atoms with van der Waals surface area (Å²) in [5, 5.41) is 13.1. The molecule has 0 unspecified atom stereocenters. The smallest absolute Gasteiger partial charge is 0.259 e. The van der Waals surface area contributed by atoms with Crippen LogP contribution in [0.25, 0.3) is 10.8 Å². The minimum Gasteiger partial charge on any atom is -0.389 e. The van der Waals surface area contributed by atoms with Gasteiger partial charge in [-0.2, -0.15) is 0 Å². The number of halogens is 1. The molecule has 4 nitrogen and oxygen atoms in total. The van der Waals surface area contributed by atoms with Crippen LogP contribution in [-0.2, 0) is 4.74 Å². The Balaban J connectivity index is 1.43. The van der Waals surface area contributed by atoms with Crippen LogP contribution >= 0.6 is 11.6 Å². The lowest BCUT2D eigenvalue weighted by Crippen LogP contribution is -2.37. The van der Waals surface area contributed by atoms with E-state index in [2.05, 4.69) is 0 Å². The van der Waals surface area contributed by atoms with Gasteiger partial charge < -0.3 is 14.7 Å². The Bertz CT molecular complexity index is 981. The second-order valence-corrected chi connectivity index (χ2v) is 7.21. The highest BCUT2D eigenvalue weighted by molar-refractivity contribution is 6.30. The third-order valence-electron chi connectivity index (χ3n) is 4.92. The van der Waals surface area contributed by atoms with Gasteiger partial charge in [0.2, 0.25) is 0 Å². The highest BCUT2D eigenvalue weighted by Crippen LogP contribution is 2.37. The van der Waals surface area contributed by atoms with Crippen LogP contribution in [0.15, 0.2) is 60.7 Å². The molecule has 0 fully saturated rings. The van der Waals surface area contributed by atoms with Crippen LogP contribution in [0.5, 0.6) is 0 Å². The Morgan fingerprint density at radius 2 is 1.78 bits per heavy atom. The number of anilines is 1. The maximum atomic E-state index is 12.8. The first-order chi connectivity index (χ1) is 13.0. The van der Waals surface area contributed by atoms with Crippen molar-refractivity contribution in [3.05, 3.63) is 76.8 Å². The largest absolute Gasteiger partial charge is 0.389 e. The number of rotatable bonds is 6. The lowest BCUT2D eigenvalue weighted by Gasteiger charge is -2.23. The molecule has 1 heterocycles. The molecule has 27 heavy (non-hydrogen) atoms. The van der Waals surface area contributed by atoms with Crippen LogP contribution in [0, 0.1) is 0 Å². The van der Waals surface area contributed by atoms with Crippen molar-refractivity contribution in [2.24, 2.45) is 0 Å². The molecule has 3 aromatic carbocycles. The van der Waals surface area contributed by atoms with Crippen molar-refractivity contribution in [1.29, 1.82) is 0 Å². The van der Waals surface area contributed by atoms with E-state index in [0.29, 0.717) is 10.6 Å². The molecule has 0 saturated carbocycles. The number of hydrogen-bond donors (Lipinski definition) is 1. The van der Waals surface area contributed by atoms with Crippen molar-refractivity contribution in [2.45, 2.75) is 19.1 Å². The highest BCUT2D eigenvalue weighted by atomic mass is 35.5. The monoisotopic (exact) mass is 381 g/mol. The van der Waals surface area contributed by atoms with Gasteiger partial charge in [0.25, 0.3) is 5.91 Å². The zero-order chi connectivity index (χ0) is 19.0. The van der Waals surface area contributed by atoms with Crippen LogP contribution in [-0.4, -0.2) is 30.3 Å². The van der Waals surface area contributed by atoms with Crippen molar-refractivity contribution in [2.75, 3.05) is 18.1 Å². The number of β-amino-alcohol motifs (C(OH)–C–C–N with tert-alkyl or cyclic N) is 1. The number of nitrogens with zero attached hydrogens (tertiary/aromatic N) is 1. The molecule has 1 amide bonds. The Labute approximate surface area is 162 Å². The van der Waals surface area contributed by atoms with E-state index in [-0.39, 0.29) is 25.2 Å². The maximum absolute atomic E-state index is 12.8. The molecule has 0 spiro atoms.